The van der Waals surface area contributed by atoms with Gasteiger partial charge >= 0.3 is 0 Å². The first-order chi connectivity index (χ1) is 28.0. The predicted octanol–water partition coefficient (Wildman–Crippen LogP) is 8.37. The predicted molar refractivity (Wildman–Crippen MR) is 221 cm³/mol. The van der Waals surface area contributed by atoms with Crippen LogP contribution in [-0.4, -0.2) is 77.3 Å². The van der Waals surface area contributed by atoms with Crippen molar-refractivity contribution in [3.05, 3.63) is 113 Å². The van der Waals surface area contributed by atoms with Crippen LogP contribution in [0, 0.1) is 29.1 Å². The zero-order valence-corrected chi connectivity index (χ0v) is 33.9. The summed E-state index contributed by atoms with van der Waals surface area (Å²) in [4.78, 5) is 33.9. The van der Waals surface area contributed by atoms with E-state index in [1.54, 1.807) is 66.6 Å². The lowest BCUT2D eigenvalue weighted by Crippen LogP contribution is -2.69. The molecule has 0 radical (unpaired) electrons. The molecule has 3 aromatic rings. The minimum atomic E-state index is -1.42. The molecule has 0 unspecified atom stereocenters. The first-order valence-corrected chi connectivity index (χ1v) is 20.2. The van der Waals surface area contributed by atoms with E-state index in [-0.39, 0.29) is 49.9 Å². The van der Waals surface area contributed by atoms with Crippen LogP contribution in [0.3, 0.4) is 0 Å². The van der Waals surface area contributed by atoms with E-state index in [9.17, 15) is 25.1 Å². The molecule has 3 aromatic carbocycles. The molecule has 1 heterocycles. The van der Waals surface area contributed by atoms with E-state index in [1.807, 2.05) is 39.0 Å². The second-order valence-corrected chi connectivity index (χ2v) is 16.4. The van der Waals surface area contributed by atoms with Gasteiger partial charge in [0.15, 0.2) is 0 Å². The highest BCUT2D eigenvalue weighted by molar-refractivity contribution is 6.03. The Bertz CT molecular complexity index is 2050. The standard InChI is InChI=1S/C47H55N3O8/c1-6-24-55-47-42(50(5)45(54)33-18-16-31(29-48)17-19-33)28-40(49-58-46(2,3)4)38-26-34(13-7-9-22-51)37(15-8-10-23-52)43(44(38)47)39-27-36(20-21-41(39)57-47)56-35-14-11-12-32(25-35)30-53/h6,11-12,14,16-21,25-27,30,34,37,42-44,51-52H,1,7-10,13,15,22-24,28H2,2-5H3/t34-,37+,42-,43+,44+,47+/m0/s1. The number of ether oxygens (including phenoxy) is 3. The Kier molecular flexibility index (Phi) is 13.5. The van der Waals surface area contributed by atoms with Gasteiger partial charge in [-0.3, -0.25) is 9.59 Å². The van der Waals surface area contributed by atoms with Crippen molar-refractivity contribution < 1.29 is 38.9 Å². The number of carbonyl (C=O) groups excluding carboxylic acids is 2. The molecule has 1 aliphatic heterocycles. The molecule has 306 valence electrons. The molecule has 6 rings (SSSR count). The number of aldehydes is 1. The molecule has 11 heteroatoms. The fourth-order valence-corrected chi connectivity index (χ4v) is 8.80. The highest BCUT2D eigenvalue weighted by Gasteiger charge is 2.65. The highest BCUT2D eigenvalue weighted by atomic mass is 16.7. The number of unbranched alkanes of at least 4 members (excludes halogenated alkanes) is 2. The van der Waals surface area contributed by atoms with Crippen LogP contribution in [0.5, 0.6) is 17.2 Å². The average molecular weight is 790 g/mol. The Balaban J connectivity index is 1.58. The van der Waals surface area contributed by atoms with Gasteiger partial charge in [0.05, 0.1) is 29.9 Å². The Hall–Kier alpha value is -5.28. The number of benzene rings is 3. The Morgan fingerprint density at radius 2 is 1.76 bits per heavy atom. The fourth-order valence-electron chi connectivity index (χ4n) is 8.80. The quantitative estimate of drug-likeness (QED) is 0.0595. The number of hydrogen-bond acceptors (Lipinski definition) is 10. The molecule has 0 saturated heterocycles. The normalized spacial score (nSPS) is 24.0. The second kappa shape index (κ2) is 18.5. The number of carbonyl (C=O) groups is 2. The Labute approximate surface area is 341 Å². The number of nitrogens with zero attached hydrogens (tertiary/aromatic N) is 3. The number of oxime groups is 1. The lowest BCUT2D eigenvalue weighted by molar-refractivity contribution is -0.252. The maximum Gasteiger partial charge on any atom is 0.254 e. The van der Waals surface area contributed by atoms with E-state index in [0.717, 1.165) is 43.1 Å². The zero-order chi connectivity index (χ0) is 41.5. The molecule has 6 atom stereocenters. The van der Waals surface area contributed by atoms with Crippen LogP contribution in [0.4, 0.5) is 0 Å². The zero-order valence-electron chi connectivity index (χ0n) is 33.9. The third kappa shape index (κ3) is 9.05. The number of fused-ring (bicyclic) bond motifs is 2. The van der Waals surface area contributed by atoms with Crippen molar-refractivity contribution in [3.63, 3.8) is 0 Å². The number of nitriles is 1. The van der Waals surface area contributed by atoms with Crippen LogP contribution in [0.15, 0.2) is 96.2 Å². The number of aliphatic hydroxyl groups is 2. The van der Waals surface area contributed by atoms with Gasteiger partial charge < -0.3 is 34.2 Å². The van der Waals surface area contributed by atoms with Gasteiger partial charge in [-0.25, -0.2) is 0 Å². The van der Waals surface area contributed by atoms with Crippen molar-refractivity contribution in [1.29, 1.82) is 5.26 Å². The molecule has 3 aliphatic rings. The second-order valence-electron chi connectivity index (χ2n) is 16.4. The minimum Gasteiger partial charge on any atom is -0.459 e. The summed E-state index contributed by atoms with van der Waals surface area (Å²) in [5, 5.41) is 34.0. The van der Waals surface area contributed by atoms with Crippen LogP contribution in [0.1, 0.15) is 103 Å². The molecule has 58 heavy (non-hydrogen) atoms. The molecule has 11 nitrogen and oxygen atoms in total. The number of likely N-dealkylation sites (N-methyl/N-ethyl adjacent to an activating group) is 1. The average Bonchev–Trinajstić information content (AvgIpc) is 3.22. The third-order valence-corrected chi connectivity index (χ3v) is 11.4. The maximum absolute atomic E-state index is 14.5. The van der Waals surface area contributed by atoms with Gasteiger partial charge in [0.1, 0.15) is 35.2 Å². The number of allylic oxidation sites excluding steroid dienone is 1. The summed E-state index contributed by atoms with van der Waals surface area (Å²) in [5.74, 6) is -0.639. The fraction of sp³-hybridized carbons (Fsp3) is 0.447. The number of hydrogen-bond donors (Lipinski definition) is 2. The Morgan fingerprint density at radius 3 is 2.43 bits per heavy atom. The van der Waals surface area contributed by atoms with E-state index in [4.69, 9.17) is 24.2 Å². The molecule has 1 fully saturated rings. The van der Waals surface area contributed by atoms with Crippen LogP contribution in [0.2, 0.25) is 0 Å². The molecule has 1 saturated carbocycles. The van der Waals surface area contributed by atoms with Crippen molar-refractivity contribution in [1.82, 2.24) is 4.90 Å². The topological polar surface area (TPSA) is 151 Å². The first-order valence-electron chi connectivity index (χ1n) is 20.2. The van der Waals surface area contributed by atoms with E-state index in [2.05, 4.69) is 18.7 Å². The maximum atomic E-state index is 14.5. The van der Waals surface area contributed by atoms with Crippen LogP contribution < -0.4 is 9.47 Å². The Morgan fingerprint density at radius 1 is 1.03 bits per heavy atom. The van der Waals surface area contributed by atoms with Crippen LogP contribution in [0.25, 0.3) is 0 Å². The molecule has 0 spiro atoms. The van der Waals surface area contributed by atoms with Gasteiger partial charge in [-0.1, -0.05) is 42.3 Å². The first kappa shape index (κ1) is 42.3. The summed E-state index contributed by atoms with van der Waals surface area (Å²) >= 11 is 0. The van der Waals surface area contributed by atoms with Gasteiger partial charge in [-0.2, -0.15) is 5.26 Å². The molecule has 0 aromatic heterocycles. The number of amides is 1. The smallest absolute Gasteiger partial charge is 0.254 e. The molecular weight excluding hydrogens is 735 g/mol. The van der Waals surface area contributed by atoms with Crippen LogP contribution >= 0.6 is 0 Å². The molecule has 1 amide bonds. The molecular formula is C47H55N3O8. The third-order valence-electron chi connectivity index (χ3n) is 11.4. The van der Waals surface area contributed by atoms with Crippen molar-refractivity contribution in [2.24, 2.45) is 22.9 Å². The van der Waals surface area contributed by atoms with Crippen molar-refractivity contribution in [2.45, 2.75) is 89.1 Å². The number of rotatable bonds is 17. The van der Waals surface area contributed by atoms with E-state index in [0.29, 0.717) is 52.5 Å². The van der Waals surface area contributed by atoms with Crippen molar-refractivity contribution in [2.75, 3.05) is 26.9 Å². The largest absolute Gasteiger partial charge is 0.459 e. The molecule has 2 N–H and O–H groups in total. The van der Waals surface area contributed by atoms with Gasteiger partial charge in [-0.15, -0.1) is 6.58 Å². The van der Waals surface area contributed by atoms with Gasteiger partial charge in [-0.05, 0) is 118 Å². The van der Waals surface area contributed by atoms with E-state index < -0.39 is 23.3 Å². The summed E-state index contributed by atoms with van der Waals surface area (Å²) in [6.45, 7) is 10.1. The highest BCUT2D eigenvalue weighted by Crippen LogP contribution is 2.62. The SMILES string of the molecule is C=CCO[C@@]12Oc3ccc(Oc4cccc(C=O)c4)cc3[C@H]3[C@H](CCCCO)[C@@H](CCCCO)C=C(C(=NOC(C)(C)C)C[C@@H]1N(C)C(=O)c1ccc(C#N)cc1)[C@H]32. The monoisotopic (exact) mass is 789 g/mol. The van der Waals surface area contributed by atoms with Crippen molar-refractivity contribution in [3.8, 4) is 23.3 Å². The van der Waals surface area contributed by atoms with Gasteiger partial charge in [0, 0.05) is 49.3 Å². The molecule has 0 bridgehead atoms. The van der Waals surface area contributed by atoms with Crippen LogP contribution in [-0.2, 0) is 9.57 Å². The summed E-state index contributed by atoms with van der Waals surface area (Å²) in [6, 6.07) is 20.7. The summed E-state index contributed by atoms with van der Waals surface area (Å²) in [6.07, 6.45) is 9.52. The lowest BCUT2D eigenvalue weighted by Gasteiger charge is -2.59. The lowest BCUT2D eigenvalue weighted by atomic mass is 9.55. The summed E-state index contributed by atoms with van der Waals surface area (Å²) in [7, 11) is 1.75. The minimum absolute atomic E-state index is 0.0325. The van der Waals surface area contributed by atoms with Crippen molar-refractivity contribution >= 4 is 17.9 Å². The van der Waals surface area contributed by atoms with E-state index in [1.165, 1.54) is 0 Å². The summed E-state index contributed by atoms with van der Waals surface area (Å²) in [5.41, 5.74) is 3.28. The number of aliphatic hydroxyl groups excluding tert-OH is 2. The summed E-state index contributed by atoms with van der Waals surface area (Å²) < 4.78 is 20.6. The molecule has 2 aliphatic carbocycles. The van der Waals surface area contributed by atoms with E-state index >= 15 is 0 Å². The van der Waals surface area contributed by atoms with Gasteiger partial charge in [0.25, 0.3) is 5.91 Å². The van der Waals surface area contributed by atoms with Gasteiger partial charge in [0.2, 0.25) is 5.79 Å².